The third-order valence-corrected chi connectivity index (χ3v) is 6.16. The molecular weight excluding hydrogens is 375 g/mol. The Bertz CT molecular complexity index is 746. The molecule has 0 saturated heterocycles. The lowest BCUT2D eigenvalue weighted by molar-refractivity contribution is 0.892. The molecule has 0 aliphatic carbocycles. The van der Waals surface area contributed by atoms with E-state index in [1.807, 2.05) is 0 Å². The van der Waals surface area contributed by atoms with Crippen LogP contribution in [0.25, 0.3) is 0 Å². The molecule has 2 nitrogen and oxygen atoms in total. The van der Waals surface area contributed by atoms with Gasteiger partial charge in [0.25, 0.3) is 0 Å². The summed E-state index contributed by atoms with van der Waals surface area (Å²) in [7, 11) is 0. The molecule has 2 aromatic carbocycles. The van der Waals surface area contributed by atoms with E-state index in [2.05, 4.69) is 39.8 Å². The van der Waals surface area contributed by atoms with Crippen molar-refractivity contribution in [3.8, 4) is 0 Å². The number of aryl methyl sites for hydroxylation is 2. The molecule has 0 aromatic heterocycles. The molecule has 0 saturated carbocycles. The maximum Gasteiger partial charge on any atom is 0.0672 e. The van der Waals surface area contributed by atoms with Gasteiger partial charge in [0.2, 0.25) is 0 Å². The molecule has 0 radical (unpaired) electrons. The van der Waals surface area contributed by atoms with Crippen molar-refractivity contribution < 1.29 is 0 Å². The first-order chi connectivity index (χ1) is 12.9. The number of anilines is 2. The average Bonchev–Trinajstić information content (AvgIpc) is 2.64. The zero-order valence-corrected chi connectivity index (χ0v) is 18.5. The standard InChI is InChI=1S/C23H32Cl2N2/c1-5-9-14-11-16(22(26)20(24)18(14)7-3)13-17-12-15(10-6-2)19(8-4)21(25)23(17)27/h11-12H,5-10,13,26-27H2,1-4H3. The summed E-state index contributed by atoms with van der Waals surface area (Å²) < 4.78 is 0. The summed E-state index contributed by atoms with van der Waals surface area (Å²) in [6, 6.07) is 4.42. The van der Waals surface area contributed by atoms with Gasteiger partial charge in [0.05, 0.1) is 21.4 Å². The Morgan fingerprint density at radius 3 is 1.33 bits per heavy atom. The fourth-order valence-electron chi connectivity index (χ4n) is 3.89. The normalized spacial score (nSPS) is 11.2. The summed E-state index contributed by atoms with van der Waals surface area (Å²) >= 11 is 13.2. The van der Waals surface area contributed by atoms with Crippen molar-refractivity contribution >= 4 is 34.6 Å². The van der Waals surface area contributed by atoms with Gasteiger partial charge in [0.15, 0.2) is 0 Å². The number of hydrogen-bond acceptors (Lipinski definition) is 2. The van der Waals surface area contributed by atoms with E-state index in [4.69, 9.17) is 34.7 Å². The van der Waals surface area contributed by atoms with Crippen LogP contribution >= 0.6 is 23.2 Å². The molecule has 0 fully saturated rings. The summed E-state index contributed by atoms with van der Waals surface area (Å²) in [6.07, 6.45) is 6.58. The van der Waals surface area contributed by atoms with Gasteiger partial charge in [-0.2, -0.15) is 0 Å². The van der Waals surface area contributed by atoms with Crippen molar-refractivity contribution in [1.29, 1.82) is 0 Å². The molecule has 0 spiro atoms. The van der Waals surface area contributed by atoms with Gasteiger partial charge in [-0.05, 0) is 59.1 Å². The summed E-state index contributed by atoms with van der Waals surface area (Å²) in [5.74, 6) is 0. The number of nitrogen functional groups attached to an aromatic ring is 2. The Morgan fingerprint density at radius 1 is 0.667 bits per heavy atom. The number of rotatable bonds is 8. The van der Waals surface area contributed by atoms with Crippen LogP contribution in [-0.2, 0) is 32.1 Å². The monoisotopic (exact) mass is 406 g/mol. The fourth-order valence-corrected chi connectivity index (χ4v) is 4.64. The highest BCUT2D eigenvalue weighted by Gasteiger charge is 2.17. The van der Waals surface area contributed by atoms with Gasteiger partial charge in [0.1, 0.15) is 0 Å². The Balaban J connectivity index is 2.56. The highest BCUT2D eigenvalue weighted by molar-refractivity contribution is 6.34. The first-order valence-electron chi connectivity index (χ1n) is 10.1. The second-order valence-electron chi connectivity index (χ2n) is 7.19. The summed E-state index contributed by atoms with van der Waals surface area (Å²) in [4.78, 5) is 0. The quantitative estimate of drug-likeness (QED) is 0.474. The maximum absolute atomic E-state index is 6.62. The Hall–Kier alpha value is -1.38. The van der Waals surface area contributed by atoms with Crippen LogP contribution < -0.4 is 11.5 Å². The van der Waals surface area contributed by atoms with E-state index in [-0.39, 0.29) is 0 Å². The second-order valence-corrected chi connectivity index (χ2v) is 7.94. The van der Waals surface area contributed by atoms with Crippen LogP contribution in [0.1, 0.15) is 73.9 Å². The van der Waals surface area contributed by atoms with Gasteiger partial charge < -0.3 is 11.5 Å². The molecule has 0 aliphatic rings. The fraction of sp³-hybridized carbons (Fsp3) is 0.478. The predicted molar refractivity (Wildman–Crippen MR) is 121 cm³/mol. The van der Waals surface area contributed by atoms with Crippen LogP contribution in [0.2, 0.25) is 10.0 Å². The Labute approximate surface area is 174 Å². The van der Waals surface area contributed by atoms with Crippen molar-refractivity contribution in [3.63, 3.8) is 0 Å². The largest absolute Gasteiger partial charge is 0.397 e. The minimum atomic E-state index is 0.651. The Morgan fingerprint density at radius 2 is 1.04 bits per heavy atom. The molecule has 4 heteroatoms. The minimum Gasteiger partial charge on any atom is -0.397 e. The van der Waals surface area contributed by atoms with E-state index < -0.39 is 0 Å². The van der Waals surface area contributed by atoms with Gasteiger partial charge in [-0.25, -0.2) is 0 Å². The summed E-state index contributed by atoms with van der Waals surface area (Å²) in [5.41, 5.74) is 21.1. The highest BCUT2D eigenvalue weighted by Crippen LogP contribution is 2.37. The molecule has 0 atom stereocenters. The molecule has 2 rings (SSSR count). The minimum absolute atomic E-state index is 0.651. The lowest BCUT2D eigenvalue weighted by atomic mass is 9.91. The van der Waals surface area contributed by atoms with E-state index in [0.717, 1.165) is 49.7 Å². The van der Waals surface area contributed by atoms with Crippen molar-refractivity contribution in [2.45, 2.75) is 72.6 Å². The number of halogens is 2. The van der Waals surface area contributed by atoms with Crippen molar-refractivity contribution in [1.82, 2.24) is 0 Å². The van der Waals surface area contributed by atoms with Gasteiger partial charge in [-0.15, -0.1) is 0 Å². The molecule has 4 N–H and O–H groups in total. The molecular formula is C23H32Cl2N2. The van der Waals surface area contributed by atoms with E-state index in [0.29, 0.717) is 27.8 Å². The maximum atomic E-state index is 6.62. The van der Waals surface area contributed by atoms with Crippen LogP contribution in [0.4, 0.5) is 11.4 Å². The molecule has 0 unspecified atom stereocenters. The molecule has 27 heavy (non-hydrogen) atoms. The first-order valence-corrected chi connectivity index (χ1v) is 10.8. The van der Waals surface area contributed by atoms with E-state index in [9.17, 15) is 0 Å². The van der Waals surface area contributed by atoms with E-state index >= 15 is 0 Å². The highest BCUT2D eigenvalue weighted by atomic mass is 35.5. The van der Waals surface area contributed by atoms with Crippen LogP contribution in [0, 0.1) is 0 Å². The molecule has 0 bridgehead atoms. The van der Waals surface area contributed by atoms with E-state index in [1.54, 1.807) is 0 Å². The average molecular weight is 407 g/mol. The lowest BCUT2D eigenvalue weighted by Crippen LogP contribution is -2.07. The van der Waals surface area contributed by atoms with Crippen molar-refractivity contribution in [3.05, 3.63) is 55.6 Å². The third-order valence-electron chi connectivity index (χ3n) is 5.29. The molecule has 0 heterocycles. The van der Waals surface area contributed by atoms with Crippen LogP contribution in [0.15, 0.2) is 12.1 Å². The number of benzene rings is 2. The number of hydrogen-bond donors (Lipinski definition) is 2. The van der Waals surface area contributed by atoms with Crippen molar-refractivity contribution in [2.75, 3.05) is 11.5 Å². The van der Waals surface area contributed by atoms with Gasteiger partial charge >= 0.3 is 0 Å². The van der Waals surface area contributed by atoms with Gasteiger partial charge in [-0.3, -0.25) is 0 Å². The summed E-state index contributed by atoms with van der Waals surface area (Å²) in [5, 5.41) is 1.39. The van der Waals surface area contributed by atoms with Crippen LogP contribution in [-0.4, -0.2) is 0 Å². The predicted octanol–water partition coefficient (Wildman–Crippen LogP) is 6.78. The van der Waals surface area contributed by atoms with Gasteiger partial charge in [-0.1, -0.05) is 75.9 Å². The topological polar surface area (TPSA) is 52.0 Å². The van der Waals surface area contributed by atoms with Crippen LogP contribution in [0.5, 0.6) is 0 Å². The van der Waals surface area contributed by atoms with Gasteiger partial charge in [0, 0.05) is 6.42 Å². The smallest absolute Gasteiger partial charge is 0.0672 e. The molecule has 0 amide bonds. The third kappa shape index (κ3) is 4.55. The number of nitrogens with two attached hydrogens (primary N) is 2. The van der Waals surface area contributed by atoms with E-state index in [1.165, 1.54) is 22.3 Å². The SMILES string of the molecule is CCCc1cc(Cc2cc(CCC)c(CC)c(Cl)c2N)c(N)c(Cl)c1CC. The van der Waals surface area contributed by atoms with Crippen LogP contribution in [0.3, 0.4) is 0 Å². The molecule has 148 valence electrons. The van der Waals surface area contributed by atoms with Crippen molar-refractivity contribution in [2.24, 2.45) is 0 Å². The first kappa shape index (κ1) is 21.9. The zero-order valence-electron chi connectivity index (χ0n) is 17.0. The molecule has 0 aliphatic heterocycles. The summed E-state index contributed by atoms with van der Waals surface area (Å²) in [6.45, 7) is 8.61. The second kappa shape index (κ2) is 9.71. The Kier molecular flexibility index (Phi) is 7.88. The lowest BCUT2D eigenvalue weighted by Gasteiger charge is -2.19. The molecule has 2 aromatic rings. The zero-order chi connectivity index (χ0) is 20.1.